The molecule has 1 aromatic rings. The quantitative estimate of drug-likeness (QED) is 0.690. The van der Waals surface area contributed by atoms with Gasteiger partial charge < -0.3 is 10.4 Å². The summed E-state index contributed by atoms with van der Waals surface area (Å²) in [5.41, 5.74) is -5.45. The van der Waals surface area contributed by atoms with Crippen LogP contribution in [0.4, 0.5) is 30.7 Å². The molecule has 0 aromatic heterocycles. The van der Waals surface area contributed by atoms with Crippen molar-refractivity contribution in [3.05, 3.63) is 34.6 Å². The Balaban J connectivity index is 0.00000392. The zero-order chi connectivity index (χ0) is 20.6. The van der Waals surface area contributed by atoms with E-state index in [1.807, 2.05) is 0 Å². The summed E-state index contributed by atoms with van der Waals surface area (Å²) in [6.45, 7) is 3.74. The van der Waals surface area contributed by atoms with Gasteiger partial charge in [-0.1, -0.05) is 13.8 Å². The molecule has 1 saturated heterocycles. The van der Waals surface area contributed by atoms with Crippen molar-refractivity contribution < 1.29 is 35.8 Å². The minimum Gasteiger partial charge on any atom is -0.396 e. The first-order valence-corrected chi connectivity index (χ1v) is 8.32. The Morgan fingerprint density at radius 3 is 2.00 bits per heavy atom. The van der Waals surface area contributed by atoms with Gasteiger partial charge in [0.25, 0.3) is 0 Å². The van der Waals surface area contributed by atoms with E-state index >= 15 is 0 Å². The standard InChI is InChI=1S/C17H21F7N2O.ClH/c1-15(2,9-27)14(26-5-3-25-4-6-26)13-11(17(22,23)24)7-10(8-12(13)18)16(19,20)21;/h7-8,14,25,27H,3-6,9H2,1-2H3;1H/t14-;/m0./s1. The fraction of sp³-hybridized carbons (Fsp3) is 0.647. The second-order valence-corrected chi connectivity index (χ2v) is 7.25. The second kappa shape index (κ2) is 8.73. The molecule has 1 fully saturated rings. The number of aliphatic hydroxyl groups excluding tert-OH is 1. The van der Waals surface area contributed by atoms with Crippen LogP contribution in [0, 0.1) is 11.2 Å². The molecule has 162 valence electrons. The van der Waals surface area contributed by atoms with Crippen molar-refractivity contribution in [2.45, 2.75) is 32.2 Å². The third kappa shape index (κ3) is 5.28. The van der Waals surface area contributed by atoms with Gasteiger partial charge in [-0.3, -0.25) is 4.90 Å². The van der Waals surface area contributed by atoms with E-state index in [2.05, 4.69) is 5.32 Å². The average molecular weight is 439 g/mol. The van der Waals surface area contributed by atoms with E-state index in [4.69, 9.17) is 0 Å². The topological polar surface area (TPSA) is 35.5 Å². The lowest BCUT2D eigenvalue weighted by molar-refractivity contribution is -0.144. The van der Waals surface area contributed by atoms with Crippen molar-refractivity contribution in [3.8, 4) is 0 Å². The number of benzene rings is 1. The third-order valence-corrected chi connectivity index (χ3v) is 4.70. The minimum absolute atomic E-state index is 0. The molecule has 0 bridgehead atoms. The SMILES string of the molecule is CC(C)(CO)[C@H](c1c(F)cc(C(F)(F)F)cc1C(F)(F)F)N1CCNCC1.Cl. The molecule has 3 nitrogen and oxygen atoms in total. The van der Waals surface area contributed by atoms with Crippen LogP contribution in [0.3, 0.4) is 0 Å². The summed E-state index contributed by atoms with van der Waals surface area (Å²) < 4.78 is 94.3. The predicted molar refractivity (Wildman–Crippen MR) is 91.7 cm³/mol. The molecule has 1 aromatic carbocycles. The van der Waals surface area contributed by atoms with E-state index in [9.17, 15) is 35.8 Å². The minimum atomic E-state index is -5.19. The fourth-order valence-electron chi connectivity index (χ4n) is 3.39. The maximum atomic E-state index is 14.7. The van der Waals surface area contributed by atoms with Crippen molar-refractivity contribution in [3.63, 3.8) is 0 Å². The Hall–Kier alpha value is -1.10. The first-order valence-electron chi connectivity index (χ1n) is 8.32. The number of rotatable bonds is 4. The van der Waals surface area contributed by atoms with Crippen LogP contribution in [0.5, 0.6) is 0 Å². The van der Waals surface area contributed by atoms with Gasteiger partial charge in [0.1, 0.15) is 5.82 Å². The van der Waals surface area contributed by atoms with Gasteiger partial charge in [-0.25, -0.2) is 4.39 Å². The molecular weight excluding hydrogens is 417 g/mol. The molecule has 1 heterocycles. The normalized spacial score (nSPS) is 17.9. The van der Waals surface area contributed by atoms with Gasteiger partial charge in [0, 0.05) is 49.8 Å². The van der Waals surface area contributed by atoms with Crippen LogP contribution in [0.25, 0.3) is 0 Å². The predicted octanol–water partition coefficient (Wildman–Crippen LogP) is 4.25. The summed E-state index contributed by atoms with van der Waals surface area (Å²) in [6, 6.07) is -1.21. The number of halogens is 8. The average Bonchev–Trinajstić information content (AvgIpc) is 2.55. The largest absolute Gasteiger partial charge is 0.416 e. The van der Waals surface area contributed by atoms with Gasteiger partial charge in [-0.05, 0) is 12.1 Å². The van der Waals surface area contributed by atoms with Gasteiger partial charge in [-0.15, -0.1) is 12.4 Å². The van der Waals surface area contributed by atoms with E-state index < -0.39 is 52.9 Å². The van der Waals surface area contributed by atoms with Crippen LogP contribution in [0.2, 0.25) is 0 Å². The van der Waals surface area contributed by atoms with Crippen molar-refractivity contribution in [1.29, 1.82) is 0 Å². The number of hydrogen-bond acceptors (Lipinski definition) is 3. The first-order chi connectivity index (χ1) is 12.3. The molecule has 1 atom stereocenters. The summed E-state index contributed by atoms with van der Waals surface area (Å²) in [7, 11) is 0. The van der Waals surface area contributed by atoms with E-state index in [1.165, 1.54) is 13.8 Å². The Kier molecular flexibility index (Phi) is 7.77. The van der Waals surface area contributed by atoms with Crippen LogP contribution >= 0.6 is 12.4 Å². The monoisotopic (exact) mass is 438 g/mol. The molecular formula is C17H22ClF7N2O. The molecule has 1 aliphatic rings. The molecule has 0 radical (unpaired) electrons. The number of alkyl halides is 6. The summed E-state index contributed by atoms with van der Waals surface area (Å²) in [5, 5.41) is 12.7. The number of hydrogen-bond donors (Lipinski definition) is 2. The third-order valence-electron chi connectivity index (χ3n) is 4.70. The van der Waals surface area contributed by atoms with Crippen LogP contribution in [0.1, 0.15) is 36.6 Å². The maximum Gasteiger partial charge on any atom is 0.416 e. The zero-order valence-electron chi connectivity index (χ0n) is 15.2. The second-order valence-electron chi connectivity index (χ2n) is 7.25. The van der Waals surface area contributed by atoms with Crippen molar-refractivity contribution in [2.75, 3.05) is 32.8 Å². The van der Waals surface area contributed by atoms with Gasteiger partial charge >= 0.3 is 12.4 Å². The Bertz CT molecular complexity index is 671. The van der Waals surface area contributed by atoms with Crippen LogP contribution in [-0.2, 0) is 12.4 Å². The Morgan fingerprint density at radius 1 is 1.04 bits per heavy atom. The molecule has 0 spiro atoms. The van der Waals surface area contributed by atoms with E-state index in [0.717, 1.165) is 0 Å². The van der Waals surface area contributed by atoms with Crippen molar-refractivity contribution in [2.24, 2.45) is 5.41 Å². The molecule has 0 saturated carbocycles. The highest BCUT2D eigenvalue weighted by Gasteiger charge is 2.46. The first kappa shape index (κ1) is 24.9. The number of aliphatic hydroxyl groups is 1. The van der Waals surface area contributed by atoms with E-state index in [0.29, 0.717) is 13.1 Å². The zero-order valence-corrected chi connectivity index (χ0v) is 16.0. The van der Waals surface area contributed by atoms with Gasteiger partial charge in [0.2, 0.25) is 0 Å². The van der Waals surface area contributed by atoms with Crippen molar-refractivity contribution in [1.82, 2.24) is 10.2 Å². The van der Waals surface area contributed by atoms with E-state index in [1.54, 1.807) is 4.90 Å². The van der Waals surface area contributed by atoms with Crippen LogP contribution in [0.15, 0.2) is 12.1 Å². The molecule has 2 rings (SSSR count). The highest BCUT2D eigenvalue weighted by atomic mass is 35.5. The van der Waals surface area contributed by atoms with E-state index in [-0.39, 0.29) is 37.6 Å². The molecule has 2 N–H and O–H groups in total. The molecule has 1 aliphatic heterocycles. The van der Waals surface area contributed by atoms with Crippen molar-refractivity contribution >= 4 is 12.4 Å². The summed E-state index contributed by atoms with van der Waals surface area (Å²) in [4.78, 5) is 1.56. The molecule has 0 aliphatic carbocycles. The molecule has 0 unspecified atom stereocenters. The van der Waals surface area contributed by atoms with Crippen LogP contribution < -0.4 is 5.32 Å². The summed E-state index contributed by atoms with van der Waals surface area (Å²) in [6.07, 6.45) is -10.3. The molecule has 0 amide bonds. The lowest BCUT2D eigenvalue weighted by Gasteiger charge is -2.44. The number of nitrogens with zero attached hydrogens (tertiary/aromatic N) is 1. The lowest BCUT2D eigenvalue weighted by atomic mass is 9.77. The van der Waals surface area contributed by atoms with Crippen LogP contribution in [-0.4, -0.2) is 42.8 Å². The summed E-state index contributed by atoms with van der Waals surface area (Å²) >= 11 is 0. The molecule has 28 heavy (non-hydrogen) atoms. The van der Waals surface area contributed by atoms with Gasteiger partial charge in [0.15, 0.2) is 0 Å². The van der Waals surface area contributed by atoms with Gasteiger partial charge in [0.05, 0.1) is 11.1 Å². The highest BCUT2D eigenvalue weighted by molar-refractivity contribution is 5.85. The number of piperazine rings is 1. The van der Waals surface area contributed by atoms with Gasteiger partial charge in [-0.2, -0.15) is 26.3 Å². The smallest absolute Gasteiger partial charge is 0.396 e. The Morgan fingerprint density at radius 2 is 1.57 bits per heavy atom. The maximum absolute atomic E-state index is 14.7. The lowest BCUT2D eigenvalue weighted by Crippen LogP contribution is -2.50. The highest BCUT2D eigenvalue weighted by Crippen LogP contribution is 2.47. The Labute approximate surface area is 164 Å². The fourth-order valence-corrected chi connectivity index (χ4v) is 3.39. The number of nitrogens with one attached hydrogen (secondary N) is 1. The summed E-state index contributed by atoms with van der Waals surface area (Å²) in [5.74, 6) is -1.58. The molecule has 11 heteroatoms.